The van der Waals surface area contributed by atoms with Crippen LogP contribution in [0.1, 0.15) is 11.7 Å². The second-order valence-electron chi connectivity index (χ2n) is 3.77. The van der Waals surface area contributed by atoms with Gasteiger partial charge in [0, 0.05) is 5.57 Å². The van der Waals surface area contributed by atoms with Crippen molar-refractivity contribution in [3.63, 3.8) is 0 Å². The SMILES string of the molecule is N#CC(C#N)=C1C(C#N)=C(N)O[C@@H]1c1ccccc1. The summed E-state index contributed by atoms with van der Waals surface area (Å²) in [5.74, 6) is -0.0608. The highest BCUT2D eigenvalue weighted by Crippen LogP contribution is 2.40. The van der Waals surface area contributed by atoms with Crippen LogP contribution in [0.3, 0.4) is 0 Å². The molecule has 0 fully saturated rings. The summed E-state index contributed by atoms with van der Waals surface area (Å²) in [6, 6.07) is 14.4. The van der Waals surface area contributed by atoms with Gasteiger partial charge in [-0.3, -0.25) is 0 Å². The molecule has 0 spiro atoms. The molecule has 1 aromatic rings. The Labute approximate surface area is 110 Å². The van der Waals surface area contributed by atoms with E-state index >= 15 is 0 Å². The highest BCUT2D eigenvalue weighted by atomic mass is 16.5. The van der Waals surface area contributed by atoms with Crippen LogP contribution < -0.4 is 5.73 Å². The van der Waals surface area contributed by atoms with Gasteiger partial charge in [0.2, 0.25) is 5.88 Å². The molecule has 1 aromatic carbocycles. The molecule has 0 aliphatic carbocycles. The maximum absolute atomic E-state index is 9.09. The lowest BCUT2D eigenvalue weighted by molar-refractivity contribution is 0.166. The largest absolute Gasteiger partial charge is 0.465 e. The molecule has 0 amide bonds. The molecule has 0 unspecified atom stereocenters. The predicted octanol–water partition coefficient (Wildman–Crippen LogP) is 1.80. The van der Waals surface area contributed by atoms with Crippen LogP contribution in [0.2, 0.25) is 0 Å². The smallest absolute Gasteiger partial charge is 0.203 e. The average molecular weight is 248 g/mol. The van der Waals surface area contributed by atoms with Crippen LogP contribution in [0.15, 0.2) is 52.9 Å². The molecule has 2 N–H and O–H groups in total. The Morgan fingerprint density at radius 2 is 1.74 bits per heavy atom. The number of nitrogens with two attached hydrogens (primary N) is 1. The Balaban J connectivity index is 2.63. The summed E-state index contributed by atoms with van der Waals surface area (Å²) in [6.07, 6.45) is -0.690. The quantitative estimate of drug-likeness (QED) is 0.762. The molecule has 5 nitrogen and oxygen atoms in total. The van der Waals surface area contributed by atoms with Gasteiger partial charge in [-0.25, -0.2) is 0 Å². The van der Waals surface area contributed by atoms with Gasteiger partial charge in [0.15, 0.2) is 6.10 Å². The van der Waals surface area contributed by atoms with Crippen LogP contribution in [0.5, 0.6) is 0 Å². The molecule has 1 heterocycles. The second-order valence-corrected chi connectivity index (χ2v) is 3.77. The van der Waals surface area contributed by atoms with Crippen molar-refractivity contribution in [3.8, 4) is 18.2 Å². The van der Waals surface area contributed by atoms with Gasteiger partial charge in [-0.1, -0.05) is 30.3 Å². The second kappa shape index (κ2) is 4.96. The fraction of sp³-hybridized carbons (Fsp3) is 0.0714. The van der Waals surface area contributed by atoms with Crippen molar-refractivity contribution in [2.75, 3.05) is 0 Å². The number of nitriles is 3. The number of hydrogen-bond donors (Lipinski definition) is 1. The van der Waals surface area contributed by atoms with E-state index in [1.54, 1.807) is 36.4 Å². The zero-order valence-electron chi connectivity index (χ0n) is 9.79. The van der Waals surface area contributed by atoms with Crippen molar-refractivity contribution < 1.29 is 4.74 Å². The van der Waals surface area contributed by atoms with Crippen LogP contribution in [0.4, 0.5) is 0 Å². The number of hydrogen-bond acceptors (Lipinski definition) is 5. The van der Waals surface area contributed by atoms with E-state index in [0.717, 1.165) is 5.56 Å². The molecule has 2 rings (SSSR count). The van der Waals surface area contributed by atoms with Gasteiger partial charge in [-0.15, -0.1) is 0 Å². The zero-order valence-corrected chi connectivity index (χ0v) is 9.79. The lowest BCUT2D eigenvalue weighted by Gasteiger charge is -2.13. The van der Waals surface area contributed by atoms with Gasteiger partial charge in [-0.05, 0) is 5.56 Å². The van der Waals surface area contributed by atoms with E-state index in [-0.39, 0.29) is 22.6 Å². The normalized spacial score (nSPS) is 17.1. The maximum Gasteiger partial charge on any atom is 0.203 e. The Kier molecular flexibility index (Phi) is 3.19. The molecule has 5 heteroatoms. The lowest BCUT2D eigenvalue weighted by atomic mass is 9.94. The fourth-order valence-electron chi connectivity index (χ4n) is 1.89. The van der Waals surface area contributed by atoms with Crippen molar-refractivity contribution in [2.45, 2.75) is 6.10 Å². The van der Waals surface area contributed by atoms with Gasteiger partial charge in [0.1, 0.15) is 29.4 Å². The topological polar surface area (TPSA) is 107 Å². The number of rotatable bonds is 1. The molecular formula is C14H8N4O. The van der Waals surface area contributed by atoms with E-state index in [4.69, 9.17) is 26.3 Å². The number of ether oxygens (including phenoxy) is 1. The summed E-state index contributed by atoms with van der Waals surface area (Å²) in [5, 5.41) is 27.1. The molecular weight excluding hydrogens is 240 g/mol. The Bertz CT molecular complexity index is 680. The summed E-state index contributed by atoms with van der Waals surface area (Å²) in [7, 11) is 0. The molecule has 19 heavy (non-hydrogen) atoms. The van der Waals surface area contributed by atoms with E-state index < -0.39 is 6.10 Å². The first-order valence-corrected chi connectivity index (χ1v) is 5.39. The highest BCUT2D eigenvalue weighted by Gasteiger charge is 2.34. The fourth-order valence-corrected chi connectivity index (χ4v) is 1.89. The molecule has 0 bridgehead atoms. The molecule has 0 radical (unpaired) electrons. The summed E-state index contributed by atoms with van der Waals surface area (Å²) in [6.45, 7) is 0. The van der Waals surface area contributed by atoms with Gasteiger partial charge >= 0.3 is 0 Å². The van der Waals surface area contributed by atoms with Crippen LogP contribution >= 0.6 is 0 Å². The summed E-state index contributed by atoms with van der Waals surface area (Å²) >= 11 is 0. The molecule has 1 aliphatic heterocycles. The van der Waals surface area contributed by atoms with Crippen molar-refractivity contribution >= 4 is 0 Å². The molecule has 0 saturated heterocycles. The van der Waals surface area contributed by atoms with Crippen LogP contribution in [0.25, 0.3) is 0 Å². The van der Waals surface area contributed by atoms with E-state index in [1.807, 2.05) is 12.1 Å². The van der Waals surface area contributed by atoms with Gasteiger partial charge in [-0.2, -0.15) is 15.8 Å². The first-order chi connectivity index (χ1) is 9.22. The van der Waals surface area contributed by atoms with Crippen molar-refractivity contribution in [1.29, 1.82) is 15.8 Å². The van der Waals surface area contributed by atoms with Gasteiger partial charge in [0.05, 0.1) is 0 Å². The number of nitrogens with zero attached hydrogens (tertiary/aromatic N) is 3. The summed E-state index contributed by atoms with van der Waals surface area (Å²) < 4.78 is 5.42. The highest BCUT2D eigenvalue weighted by molar-refractivity contribution is 5.60. The standard InChI is InChI=1S/C14H8N4O/c15-6-10(7-16)12-11(8-17)14(18)19-13(12)9-4-2-1-3-5-9/h1-5,13H,18H2/t13-/m1/s1. The summed E-state index contributed by atoms with van der Waals surface area (Å²) in [4.78, 5) is 0. The van der Waals surface area contributed by atoms with Gasteiger partial charge < -0.3 is 10.5 Å². The minimum atomic E-state index is -0.690. The lowest BCUT2D eigenvalue weighted by Crippen LogP contribution is -2.04. The molecule has 90 valence electrons. The zero-order chi connectivity index (χ0) is 13.8. The van der Waals surface area contributed by atoms with Crippen LogP contribution in [-0.2, 0) is 4.74 Å². The average Bonchev–Trinajstić information content (AvgIpc) is 2.78. The van der Waals surface area contributed by atoms with Gasteiger partial charge in [0.25, 0.3) is 0 Å². The molecule has 0 aromatic heterocycles. The monoisotopic (exact) mass is 248 g/mol. The molecule has 1 aliphatic rings. The third-order valence-electron chi connectivity index (χ3n) is 2.73. The first-order valence-electron chi connectivity index (χ1n) is 5.39. The van der Waals surface area contributed by atoms with Crippen molar-refractivity contribution in [3.05, 3.63) is 58.5 Å². The maximum atomic E-state index is 9.09. The van der Waals surface area contributed by atoms with Crippen molar-refractivity contribution in [2.24, 2.45) is 5.73 Å². The van der Waals surface area contributed by atoms with E-state index in [1.165, 1.54) is 0 Å². The predicted molar refractivity (Wildman–Crippen MR) is 65.3 cm³/mol. The minimum absolute atomic E-state index is 0.0481. The third kappa shape index (κ3) is 1.99. The van der Waals surface area contributed by atoms with E-state index in [0.29, 0.717) is 0 Å². The van der Waals surface area contributed by atoms with Crippen LogP contribution in [0, 0.1) is 34.0 Å². The Morgan fingerprint density at radius 3 is 2.26 bits per heavy atom. The van der Waals surface area contributed by atoms with Crippen molar-refractivity contribution in [1.82, 2.24) is 0 Å². The first kappa shape index (κ1) is 12.2. The third-order valence-corrected chi connectivity index (χ3v) is 2.73. The minimum Gasteiger partial charge on any atom is -0.465 e. The Hall–Kier alpha value is -3.23. The van der Waals surface area contributed by atoms with Crippen LogP contribution in [-0.4, -0.2) is 0 Å². The number of allylic oxidation sites excluding steroid dienone is 1. The molecule has 0 saturated carbocycles. The number of benzene rings is 1. The Morgan fingerprint density at radius 1 is 1.11 bits per heavy atom. The van der Waals surface area contributed by atoms with E-state index in [9.17, 15) is 0 Å². The van der Waals surface area contributed by atoms with E-state index in [2.05, 4.69) is 0 Å². The summed E-state index contributed by atoms with van der Waals surface area (Å²) in [5.41, 5.74) is 6.49. The molecule has 1 atom stereocenters.